The van der Waals surface area contributed by atoms with Crippen molar-refractivity contribution in [1.82, 2.24) is 0 Å². The van der Waals surface area contributed by atoms with Crippen LogP contribution >= 0.6 is 0 Å². The standard InChI is InChI=1S/C16H21F3O3/c1-3-9-11-5-4-8(2)10-6-7-12-20-14(15(10,11)22-12)21-13(9)16(17,18)19/h8,10-12,14H,3-7H2,1-2H3/t8-,10?,11+,12?,14+,15-/m1/s1. The predicted octanol–water partition coefficient (Wildman–Crippen LogP) is 4.14. The van der Waals surface area contributed by atoms with E-state index in [-0.39, 0.29) is 11.8 Å². The molecule has 0 amide bonds. The van der Waals surface area contributed by atoms with E-state index in [2.05, 4.69) is 6.92 Å². The van der Waals surface area contributed by atoms with Crippen LogP contribution in [0.4, 0.5) is 13.2 Å². The molecule has 6 heteroatoms. The van der Waals surface area contributed by atoms with Crippen LogP contribution in [0.2, 0.25) is 0 Å². The van der Waals surface area contributed by atoms with E-state index in [0.717, 1.165) is 25.7 Å². The summed E-state index contributed by atoms with van der Waals surface area (Å²) in [5.41, 5.74) is -0.340. The zero-order chi connectivity index (χ0) is 15.7. The van der Waals surface area contributed by atoms with E-state index in [1.54, 1.807) is 6.92 Å². The smallest absolute Gasteiger partial charge is 0.448 e. The van der Waals surface area contributed by atoms with Gasteiger partial charge in [0.15, 0.2) is 6.29 Å². The number of alkyl halides is 3. The molecule has 0 N–H and O–H groups in total. The minimum absolute atomic E-state index is 0.214. The average Bonchev–Trinajstić information content (AvgIpc) is 2.73. The third kappa shape index (κ3) is 1.77. The summed E-state index contributed by atoms with van der Waals surface area (Å²) in [6.45, 7) is 3.94. The molecule has 3 nitrogen and oxygen atoms in total. The van der Waals surface area contributed by atoms with Crippen molar-refractivity contribution in [3.8, 4) is 0 Å². The van der Waals surface area contributed by atoms with Gasteiger partial charge in [-0.25, -0.2) is 0 Å². The summed E-state index contributed by atoms with van der Waals surface area (Å²) >= 11 is 0. The normalized spacial score (nSPS) is 47.2. The van der Waals surface area contributed by atoms with Crippen LogP contribution in [0.15, 0.2) is 11.3 Å². The molecule has 124 valence electrons. The lowest BCUT2D eigenvalue weighted by molar-refractivity contribution is -0.239. The van der Waals surface area contributed by atoms with Crippen LogP contribution in [-0.4, -0.2) is 24.4 Å². The van der Waals surface area contributed by atoms with Gasteiger partial charge in [-0.15, -0.1) is 0 Å². The van der Waals surface area contributed by atoms with Gasteiger partial charge in [-0.2, -0.15) is 13.2 Å². The second-order valence-corrected chi connectivity index (χ2v) is 6.98. The molecule has 0 aromatic rings. The maximum atomic E-state index is 13.4. The Hall–Kier alpha value is -0.750. The fourth-order valence-electron chi connectivity index (χ4n) is 5.14. The van der Waals surface area contributed by atoms with Gasteiger partial charge in [-0.1, -0.05) is 13.8 Å². The lowest BCUT2D eigenvalue weighted by Gasteiger charge is -2.55. The van der Waals surface area contributed by atoms with Crippen LogP contribution in [0.5, 0.6) is 0 Å². The summed E-state index contributed by atoms with van der Waals surface area (Å²) in [4.78, 5) is 0. The molecule has 3 fully saturated rings. The molecule has 4 aliphatic rings. The molecule has 0 aromatic carbocycles. The number of hydrogen-bond acceptors (Lipinski definition) is 3. The van der Waals surface area contributed by atoms with Gasteiger partial charge in [0.05, 0.1) is 0 Å². The molecule has 1 aliphatic carbocycles. The van der Waals surface area contributed by atoms with E-state index < -0.39 is 30.1 Å². The predicted molar refractivity (Wildman–Crippen MR) is 71.5 cm³/mol. The Morgan fingerprint density at radius 1 is 1.18 bits per heavy atom. The molecule has 0 aromatic heterocycles. The fourth-order valence-corrected chi connectivity index (χ4v) is 5.14. The van der Waals surface area contributed by atoms with E-state index >= 15 is 0 Å². The number of fused-ring (bicyclic) bond motifs is 1. The topological polar surface area (TPSA) is 27.7 Å². The van der Waals surface area contributed by atoms with Crippen molar-refractivity contribution < 1.29 is 27.4 Å². The molecule has 6 atom stereocenters. The van der Waals surface area contributed by atoms with Crippen LogP contribution in [0.1, 0.15) is 46.0 Å². The molecule has 1 spiro atoms. The number of rotatable bonds is 1. The van der Waals surface area contributed by atoms with Crippen LogP contribution in [0.3, 0.4) is 0 Å². The highest BCUT2D eigenvalue weighted by Gasteiger charge is 2.69. The molecular formula is C16H21F3O3. The van der Waals surface area contributed by atoms with E-state index in [1.165, 1.54) is 0 Å². The molecule has 2 unspecified atom stereocenters. The third-order valence-electron chi connectivity index (χ3n) is 5.99. The van der Waals surface area contributed by atoms with Gasteiger partial charge in [0.2, 0.25) is 12.0 Å². The van der Waals surface area contributed by atoms with Gasteiger partial charge in [0.25, 0.3) is 0 Å². The Labute approximate surface area is 127 Å². The first kappa shape index (κ1) is 14.8. The molecule has 3 heterocycles. The highest BCUT2D eigenvalue weighted by Crippen LogP contribution is 2.62. The van der Waals surface area contributed by atoms with Gasteiger partial charge < -0.3 is 14.2 Å². The summed E-state index contributed by atoms with van der Waals surface area (Å²) in [7, 11) is 0. The summed E-state index contributed by atoms with van der Waals surface area (Å²) in [6, 6.07) is 0. The molecule has 2 bridgehead atoms. The summed E-state index contributed by atoms with van der Waals surface area (Å²) in [5.74, 6) is -0.429. The van der Waals surface area contributed by atoms with Crippen molar-refractivity contribution in [1.29, 1.82) is 0 Å². The Kier molecular flexibility index (Phi) is 3.12. The summed E-state index contributed by atoms with van der Waals surface area (Å²) < 4.78 is 57.4. The second kappa shape index (κ2) is 4.63. The lowest BCUT2D eigenvalue weighted by atomic mass is 9.58. The Balaban J connectivity index is 1.85. The maximum absolute atomic E-state index is 13.4. The third-order valence-corrected chi connectivity index (χ3v) is 5.99. The first-order chi connectivity index (χ1) is 10.4. The van der Waals surface area contributed by atoms with Crippen molar-refractivity contribution in [3.05, 3.63) is 11.3 Å². The highest BCUT2D eigenvalue weighted by atomic mass is 19.4. The number of halogens is 3. The number of allylic oxidation sites excluding steroid dienone is 1. The van der Waals surface area contributed by atoms with Gasteiger partial charge in [0.1, 0.15) is 5.60 Å². The Bertz CT molecular complexity index is 515. The Morgan fingerprint density at radius 3 is 2.64 bits per heavy atom. The minimum Gasteiger partial charge on any atom is -0.456 e. The second-order valence-electron chi connectivity index (χ2n) is 6.98. The Morgan fingerprint density at radius 2 is 1.95 bits per heavy atom. The van der Waals surface area contributed by atoms with Crippen molar-refractivity contribution in [3.63, 3.8) is 0 Å². The maximum Gasteiger partial charge on any atom is 0.448 e. The molecular weight excluding hydrogens is 297 g/mol. The van der Waals surface area contributed by atoms with Crippen LogP contribution in [0.25, 0.3) is 0 Å². The van der Waals surface area contributed by atoms with Crippen molar-refractivity contribution in [2.45, 2.75) is 70.3 Å². The molecule has 22 heavy (non-hydrogen) atoms. The first-order valence-corrected chi connectivity index (χ1v) is 8.18. The zero-order valence-corrected chi connectivity index (χ0v) is 12.8. The van der Waals surface area contributed by atoms with E-state index in [0.29, 0.717) is 17.9 Å². The summed E-state index contributed by atoms with van der Waals surface area (Å²) in [6.07, 6.45) is -2.12. The van der Waals surface area contributed by atoms with Gasteiger partial charge in [-0.05, 0) is 49.5 Å². The molecule has 4 rings (SSSR count). The zero-order valence-electron chi connectivity index (χ0n) is 12.8. The summed E-state index contributed by atoms with van der Waals surface area (Å²) in [5, 5.41) is 0. The first-order valence-electron chi connectivity index (χ1n) is 8.18. The number of hydrogen-bond donors (Lipinski definition) is 0. The van der Waals surface area contributed by atoms with Crippen LogP contribution in [0, 0.1) is 17.8 Å². The van der Waals surface area contributed by atoms with Crippen LogP contribution < -0.4 is 0 Å². The largest absolute Gasteiger partial charge is 0.456 e. The van der Waals surface area contributed by atoms with Gasteiger partial charge >= 0.3 is 6.18 Å². The average molecular weight is 318 g/mol. The molecule has 3 aliphatic heterocycles. The monoisotopic (exact) mass is 318 g/mol. The highest BCUT2D eigenvalue weighted by molar-refractivity contribution is 5.28. The van der Waals surface area contributed by atoms with Crippen molar-refractivity contribution in [2.24, 2.45) is 17.8 Å². The number of ether oxygens (including phenoxy) is 3. The molecule has 0 radical (unpaired) electrons. The van der Waals surface area contributed by atoms with Crippen molar-refractivity contribution in [2.75, 3.05) is 0 Å². The SMILES string of the molecule is CCC1=C(C(F)(F)F)O[C@@H]2OC3CCC4[C@H](C)CC[C@@H]1[C@]42O3. The van der Waals surface area contributed by atoms with Gasteiger partial charge in [-0.3, -0.25) is 0 Å². The molecule has 2 saturated heterocycles. The van der Waals surface area contributed by atoms with E-state index in [4.69, 9.17) is 14.2 Å². The van der Waals surface area contributed by atoms with Crippen molar-refractivity contribution >= 4 is 0 Å². The van der Waals surface area contributed by atoms with E-state index in [1.807, 2.05) is 0 Å². The quantitative estimate of drug-likeness (QED) is 0.727. The van der Waals surface area contributed by atoms with E-state index in [9.17, 15) is 13.2 Å². The fraction of sp³-hybridized carbons (Fsp3) is 0.875. The minimum atomic E-state index is -4.47. The molecule has 1 saturated carbocycles. The van der Waals surface area contributed by atoms with Crippen LogP contribution in [-0.2, 0) is 14.2 Å². The van der Waals surface area contributed by atoms with Gasteiger partial charge in [0, 0.05) is 5.92 Å². The lowest BCUT2D eigenvalue weighted by Crippen LogP contribution is -2.62.